The van der Waals surface area contributed by atoms with Gasteiger partial charge < -0.3 is 15.3 Å². The van der Waals surface area contributed by atoms with E-state index < -0.39 is 0 Å². The molecule has 0 radical (unpaired) electrons. The predicted molar refractivity (Wildman–Crippen MR) is 79.8 cm³/mol. The molecule has 1 aliphatic heterocycles. The van der Waals surface area contributed by atoms with Gasteiger partial charge in [-0.15, -0.1) is 0 Å². The van der Waals surface area contributed by atoms with Crippen LogP contribution in [0.15, 0.2) is 18.2 Å². The van der Waals surface area contributed by atoms with E-state index in [9.17, 15) is 9.90 Å². The number of nitrogens with one attached hydrogen (secondary N) is 1. The third kappa shape index (κ3) is 3.97. The quantitative estimate of drug-likeness (QED) is 0.880. The van der Waals surface area contributed by atoms with Gasteiger partial charge in [0.2, 0.25) is 5.91 Å². The highest BCUT2D eigenvalue weighted by Gasteiger charge is 2.19. The van der Waals surface area contributed by atoms with Crippen molar-refractivity contribution in [3.8, 4) is 5.75 Å². The molecule has 0 saturated carbocycles. The Labute approximate surface area is 120 Å². The molecule has 1 amide bonds. The topological polar surface area (TPSA) is 52.6 Å². The Kier molecular flexibility index (Phi) is 5.01. The van der Waals surface area contributed by atoms with Crippen molar-refractivity contribution in [1.82, 2.24) is 10.2 Å². The summed E-state index contributed by atoms with van der Waals surface area (Å²) in [6, 6.07) is 5.63. The van der Waals surface area contributed by atoms with Crippen molar-refractivity contribution in [3.05, 3.63) is 29.3 Å². The minimum absolute atomic E-state index is 0.228. The van der Waals surface area contributed by atoms with E-state index in [4.69, 9.17) is 0 Å². The van der Waals surface area contributed by atoms with Crippen LogP contribution in [0.4, 0.5) is 0 Å². The van der Waals surface area contributed by atoms with E-state index in [1.54, 1.807) is 6.07 Å². The van der Waals surface area contributed by atoms with Crippen molar-refractivity contribution in [2.45, 2.75) is 26.7 Å². The predicted octanol–water partition coefficient (Wildman–Crippen LogP) is 1.70. The largest absolute Gasteiger partial charge is 0.508 e. The lowest BCUT2D eigenvalue weighted by Crippen LogP contribution is -2.46. The number of amides is 1. The normalized spacial score (nSPS) is 17.0. The lowest BCUT2D eigenvalue weighted by atomic mass is 9.95. The lowest BCUT2D eigenvalue weighted by Gasteiger charge is -2.28. The number of benzene rings is 1. The number of hydrogen-bond donors (Lipinski definition) is 2. The molecule has 4 nitrogen and oxygen atoms in total. The number of phenols is 1. The molecule has 1 aliphatic rings. The highest BCUT2D eigenvalue weighted by Crippen LogP contribution is 2.23. The van der Waals surface area contributed by atoms with Crippen molar-refractivity contribution < 1.29 is 9.90 Å². The van der Waals surface area contributed by atoms with E-state index in [0.717, 1.165) is 43.7 Å². The second-order valence-corrected chi connectivity index (χ2v) is 5.78. The van der Waals surface area contributed by atoms with Crippen LogP contribution in [0.1, 0.15) is 24.5 Å². The van der Waals surface area contributed by atoms with E-state index in [1.165, 1.54) is 0 Å². The molecule has 20 heavy (non-hydrogen) atoms. The van der Waals surface area contributed by atoms with E-state index in [2.05, 4.69) is 12.2 Å². The van der Waals surface area contributed by atoms with Gasteiger partial charge in [0.15, 0.2) is 0 Å². The first-order chi connectivity index (χ1) is 9.56. The summed E-state index contributed by atoms with van der Waals surface area (Å²) in [5.74, 6) is 0.799. The molecule has 1 aromatic rings. The minimum atomic E-state index is 0.228. The zero-order valence-electron chi connectivity index (χ0n) is 12.4. The average Bonchev–Trinajstić information content (AvgIpc) is 2.43. The fourth-order valence-corrected chi connectivity index (χ4v) is 2.67. The Bertz CT molecular complexity index is 468. The first-order valence-corrected chi connectivity index (χ1v) is 7.33. The molecule has 0 spiro atoms. The highest BCUT2D eigenvalue weighted by molar-refractivity contribution is 5.76. The molecule has 1 aromatic carbocycles. The second-order valence-electron chi connectivity index (χ2n) is 5.78. The summed E-state index contributed by atoms with van der Waals surface area (Å²) in [7, 11) is 0. The van der Waals surface area contributed by atoms with Crippen LogP contribution in [-0.4, -0.2) is 42.1 Å². The number of piperazine rings is 1. The fraction of sp³-hybridized carbons (Fsp3) is 0.562. The van der Waals surface area contributed by atoms with Gasteiger partial charge in [-0.25, -0.2) is 0 Å². The molecule has 1 atom stereocenters. The zero-order valence-corrected chi connectivity index (χ0v) is 12.4. The number of aromatic hydroxyl groups is 1. The smallest absolute Gasteiger partial charge is 0.222 e. The van der Waals surface area contributed by atoms with Gasteiger partial charge in [0.1, 0.15) is 5.75 Å². The van der Waals surface area contributed by atoms with Crippen molar-refractivity contribution >= 4 is 5.91 Å². The van der Waals surface area contributed by atoms with Gasteiger partial charge in [-0.3, -0.25) is 4.79 Å². The molecule has 2 N–H and O–H groups in total. The highest BCUT2D eigenvalue weighted by atomic mass is 16.3. The van der Waals surface area contributed by atoms with Gasteiger partial charge in [0.25, 0.3) is 0 Å². The molecule has 1 saturated heterocycles. The molecule has 1 unspecified atom stereocenters. The molecular formula is C16H24N2O2. The number of nitrogens with zero attached hydrogens (tertiary/aromatic N) is 1. The summed E-state index contributed by atoms with van der Waals surface area (Å²) in [5.41, 5.74) is 2.07. The van der Waals surface area contributed by atoms with Crippen LogP contribution in [-0.2, 0) is 11.2 Å². The number of rotatable bonds is 4. The maximum absolute atomic E-state index is 12.2. The summed E-state index contributed by atoms with van der Waals surface area (Å²) in [6.45, 7) is 7.47. The lowest BCUT2D eigenvalue weighted by molar-refractivity contribution is -0.132. The monoisotopic (exact) mass is 276 g/mol. The zero-order chi connectivity index (χ0) is 14.5. The van der Waals surface area contributed by atoms with Crippen LogP contribution in [0, 0.1) is 12.8 Å². The van der Waals surface area contributed by atoms with Gasteiger partial charge in [-0.1, -0.05) is 24.6 Å². The van der Waals surface area contributed by atoms with E-state index in [-0.39, 0.29) is 11.8 Å². The maximum atomic E-state index is 12.2. The number of carbonyl (C=O) groups excluding carboxylic acids is 1. The Balaban J connectivity index is 1.89. The Morgan fingerprint density at radius 2 is 2.10 bits per heavy atom. The molecule has 4 heteroatoms. The van der Waals surface area contributed by atoms with E-state index in [0.29, 0.717) is 12.2 Å². The summed E-state index contributed by atoms with van der Waals surface area (Å²) in [4.78, 5) is 14.1. The third-order valence-corrected chi connectivity index (χ3v) is 3.80. The Morgan fingerprint density at radius 3 is 2.80 bits per heavy atom. The molecular weight excluding hydrogens is 252 g/mol. The minimum Gasteiger partial charge on any atom is -0.508 e. The summed E-state index contributed by atoms with van der Waals surface area (Å²) >= 11 is 0. The van der Waals surface area contributed by atoms with E-state index in [1.807, 2.05) is 24.0 Å². The number of hydrogen-bond acceptors (Lipinski definition) is 3. The van der Waals surface area contributed by atoms with Gasteiger partial charge in [0, 0.05) is 32.6 Å². The standard InChI is InChI=1S/C16H24N2O2/c1-12-3-4-15(19)14(9-12)10-13(2)11-16(20)18-7-5-17-6-8-18/h3-4,9,13,17,19H,5-8,10-11H2,1-2H3. The SMILES string of the molecule is Cc1ccc(O)c(CC(C)CC(=O)N2CCNCC2)c1. The Hall–Kier alpha value is -1.55. The van der Waals surface area contributed by atoms with Crippen LogP contribution in [0.5, 0.6) is 5.75 Å². The maximum Gasteiger partial charge on any atom is 0.222 e. The van der Waals surface area contributed by atoms with Crippen molar-refractivity contribution in [2.75, 3.05) is 26.2 Å². The summed E-state index contributed by atoms with van der Waals surface area (Å²) < 4.78 is 0. The third-order valence-electron chi connectivity index (χ3n) is 3.80. The van der Waals surface area contributed by atoms with Gasteiger partial charge in [0.05, 0.1) is 0 Å². The fourth-order valence-electron chi connectivity index (χ4n) is 2.67. The molecule has 0 aromatic heterocycles. The summed E-state index contributed by atoms with van der Waals surface area (Å²) in [6.07, 6.45) is 1.29. The van der Waals surface area contributed by atoms with Crippen molar-refractivity contribution in [3.63, 3.8) is 0 Å². The van der Waals surface area contributed by atoms with E-state index >= 15 is 0 Å². The van der Waals surface area contributed by atoms with Gasteiger partial charge >= 0.3 is 0 Å². The first kappa shape index (κ1) is 14.9. The van der Waals surface area contributed by atoms with Crippen LogP contribution >= 0.6 is 0 Å². The van der Waals surface area contributed by atoms with Crippen LogP contribution in [0.3, 0.4) is 0 Å². The van der Waals surface area contributed by atoms with Crippen LogP contribution in [0.25, 0.3) is 0 Å². The molecule has 0 aliphatic carbocycles. The molecule has 1 heterocycles. The molecule has 2 rings (SSSR count). The summed E-state index contributed by atoms with van der Waals surface area (Å²) in [5, 5.41) is 13.1. The Morgan fingerprint density at radius 1 is 1.40 bits per heavy atom. The molecule has 1 fully saturated rings. The average molecular weight is 276 g/mol. The first-order valence-electron chi connectivity index (χ1n) is 7.33. The van der Waals surface area contributed by atoms with Crippen molar-refractivity contribution in [2.24, 2.45) is 5.92 Å². The molecule has 0 bridgehead atoms. The number of phenolic OH excluding ortho intramolecular Hbond substituents is 1. The number of aryl methyl sites for hydroxylation is 1. The van der Waals surface area contributed by atoms with Crippen molar-refractivity contribution in [1.29, 1.82) is 0 Å². The number of carbonyl (C=O) groups is 1. The van der Waals surface area contributed by atoms with Crippen LogP contribution < -0.4 is 5.32 Å². The second kappa shape index (κ2) is 6.75. The van der Waals surface area contributed by atoms with Gasteiger partial charge in [-0.2, -0.15) is 0 Å². The van der Waals surface area contributed by atoms with Gasteiger partial charge in [-0.05, 0) is 30.9 Å². The van der Waals surface area contributed by atoms with Crippen LogP contribution in [0.2, 0.25) is 0 Å². The molecule has 110 valence electrons.